The molecule has 0 aliphatic carbocycles. The number of amides is 1. The van der Waals surface area contributed by atoms with Gasteiger partial charge in [0.15, 0.2) is 6.04 Å². The van der Waals surface area contributed by atoms with Crippen molar-refractivity contribution >= 4 is 22.8 Å². The highest BCUT2D eigenvalue weighted by Gasteiger charge is 2.41. The van der Waals surface area contributed by atoms with Gasteiger partial charge in [-0.25, -0.2) is 4.79 Å². The molecule has 2 aromatic rings. The number of fused-ring (bicyclic) bond motifs is 1. The number of carboxylic acid groups (broad SMARTS) is 1. The lowest BCUT2D eigenvalue weighted by Gasteiger charge is -2.16. The fourth-order valence-corrected chi connectivity index (χ4v) is 1.84. The van der Waals surface area contributed by atoms with E-state index in [1.54, 1.807) is 12.1 Å². The summed E-state index contributed by atoms with van der Waals surface area (Å²) in [5.74, 6) is -3.88. The molecule has 0 saturated heterocycles. The molecule has 1 atom stereocenters. The molecular formula is C12H9F3N2O3. The van der Waals surface area contributed by atoms with Crippen LogP contribution in [0.3, 0.4) is 0 Å². The summed E-state index contributed by atoms with van der Waals surface area (Å²) in [6.45, 7) is 0. The molecule has 1 heterocycles. The van der Waals surface area contributed by atoms with Crippen molar-refractivity contribution in [2.45, 2.75) is 12.2 Å². The number of hydrogen-bond donors (Lipinski definition) is 3. The number of carbonyl (C=O) groups is 2. The number of hydrogen-bond acceptors (Lipinski definition) is 2. The summed E-state index contributed by atoms with van der Waals surface area (Å²) in [7, 11) is 0. The second-order valence-electron chi connectivity index (χ2n) is 4.03. The molecule has 1 amide bonds. The molecule has 0 fully saturated rings. The van der Waals surface area contributed by atoms with Crippen LogP contribution in [0.2, 0.25) is 0 Å². The van der Waals surface area contributed by atoms with Gasteiger partial charge < -0.3 is 15.4 Å². The normalized spacial score (nSPS) is 13.2. The number of rotatable bonds is 3. The maximum Gasteiger partial charge on any atom is 0.471 e. The second kappa shape index (κ2) is 4.87. The van der Waals surface area contributed by atoms with Gasteiger partial charge in [-0.3, -0.25) is 4.79 Å². The van der Waals surface area contributed by atoms with E-state index in [-0.39, 0.29) is 5.56 Å². The lowest BCUT2D eigenvalue weighted by Crippen LogP contribution is -2.42. The fourth-order valence-electron chi connectivity index (χ4n) is 1.84. The molecule has 1 aromatic heterocycles. The maximum absolute atomic E-state index is 12.2. The van der Waals surface area contributed by atoms with Gasteiger partial charge in [-0.05, 0) is 11.5 Å². The number of aromatic amines is 1. The first-order valence-electron chi connectivity index (χ1n) is 5.47. The van der Waals surface area contributed by atoms with Crippen molar-refractivity contribution in [3.8, 4) is 0 Å². The molecule has 1 unspecified atom stereocenters. The zero-order chi connectivity index (χ0) is 14.9. The van der Waals surface area contributed by atoms with Crippen molar-refractivity contribution in [1.82, 2.24) is 10.3 Å². The van der Waals surface area contributed by atoms with Crippen LogP contribution in [0, 0.1) is 0 Å². The van der Waals surface area contributed by atoms with E-state index >= 15 is 0 Å². The zero-order valence-electron chi connectivity index (χ0n) is 9.86. The molecule has 1 aromatic carbocycles. The second-order valence-corrected chi connectivity index (χ2v) is 4.03. The summed E-state index contributed by atoms with van der Waals surface area (Å²) in [4.78, 5) is 24.8. The molecule has 20 heavy (non-hydrogen) atoms. The van der Waals surface area contributed by atoms with E-state index in [4.69, 9.17) is 5.11 Å². The average Bonchev–Trinajstić information content (AvgIpc) is 2.82. The molecular weight excluding hydrogens is 277 g/mol. The lowest BCUT2D eigenvalue weighted by molar-refractivity contribution is -0.175. The fraction of sp³-hybridized carbons (Fsp3) is 0.167. The molecule has 0 radical (unpaired) electrons. The standard InChI is InChI=1S/C12H9F3N2O3/c13-12(14,15)11(20)17-9(10(18)19)7-3-1-2-6-4-5-16-8(6)7/h1-5,9,16H,(H,17,20)(H,18,19). The van der Waals surface area contributed by atoms with E-state index in [0.717, 1.165) is 0 Å². The number of aliphatic carboxylic acids is 1. The molecule has 0 saturated carbocycles. The van der Waals surface area contributed by atoms with Gasteiger partial charge in [-0.2, -0.15) is 13.2 Å². The Hall–Kier alpha value is -2.51. The SMILES string of the molecule is O=C(O)C(NC(=O)C(F)(F)F)c1cccc2cc[nH]c12. The summed E-state index contributed by atoms with van der Waals surface area (Å²) in [5.41, 5.74) is 0.417. The predicted molar refractivity (Wildman–Crippen MR) is 62.9 cm³/mol. The minimum absolute atomic E-state index is 0.0533. The van der Waals surface area contributed by atoms with Crippen molar-refractivity contribution < 1.29 is 27.9 Å². The van der Waals surface area contributed by atoms with Crippen LogP contribution in [-0.2, 0) is 9.59 Å². The van der Waals surface area contributed by atoms with Crippen LogP contribution < -0.4 is 5.32 Å². The monoisotopic (exact) mass is 286 g/mol. The number of benzene rings is 1. The van der Waals surface area contributed by atoms with Crippen LogP contribution in [0.15, 0.2) is 30.5 Å². The Morgan fingerprint density at radius 2 is 1.95 bits per heavy atom. The van der Waals surface area contributed by atoms with Crippen LogP contribution in [-0.4, -0.2) is 28.1 Å². The number of H-pyrrole nitrogens is 1. The zero-order valence-corrected chi connectivity index (χ0v) is 9.86. The third-order valence-electron chi connectivity index (χ3n) is 2.71. The molecule has 3 N–H and O–H groups in total. The average molecular weight is 286 g/mol. The van der Waals surface area contributed by atoms with Crippen LogP contribution in [0.4, 0.5) is 13.2 Å². The van der Waals surface area contributed by atoms with Crippen molar-refractivity contribution in [3.05, 3.63) is 36.0 Å². The van der Waals surface area contributed by atoms with Gasteiger partial charge in [0.25, 0.3) is 0 Å². The minimum atomic E-state index is -5.14. The molecule has 8 heteroatoms. The van der Waals surface area contributed by atoms with Crippen molar-refractivity contribution in [2.24, 2.45) is 0 Å². The van der Waals surface area contributed by atoms with E-state index in [0.29, 0.717) is 10.9 Å². The largest absolute Gasteiger partial charge is 0.479 e. The number of para-hydroxylation sites is 1. The van der Waals surface area contributed by atoms with Gasteiger partial charge in [0.05, 0.1) is 5.52 Å². The Kier molecular flexibility index (Phi) is 3.39. The summed E-state index contributed by atoms with van der Waals surface area (Å²) in [6, 6.07) is 4.37. The van der Waals surface area contributed by atoms with E-state index in [9.17, 15) is 22.8 Å². The summed E-state index contributed by atoms with van der Waals surface area (Å²) < 4.78 is 36.7. The van der Waals surface area contributed by atoms with Crippen molar-refractivity contribution in [2.75, 3.05) is 0 Å². The van der Waals surface area contributed by atoms with E-state index in [1.807, 2.05) is 0 Å². The Morgan fingerprint density at radius 1 is 1.25 bits per heavy atom. The van der Waals surface area contributed by atoms with Gasteiger partial charge in [0, 0.05) is 11.8 Å². The Labute approximate surface area is 110 Å². The summed E-state index contributed by atoms with van der Waals surface area (Å²) in [6.07, 6.45) is -3.62. The van der Waals surface area contributed by atoms with Crippen LogP contribution >= 0.6 is 0 Å². The van der Waals surface area contributed by atoms with Crippen molar-refractivity contribution in [3.63, 3.8) is 0 Å². The molecule has 0 spiro atoms. The predicted octanol–water partition coefficient (Wildman–Crippen LogP) is 1.97. The van der Waals surface area contributed by atoms with E-state index in [2.05, 4.69) is 4.98 Å². The molecule has 5 nitrogen and oxygen atoms in total. The van der Waals surface area contributed by atoms with Crippen LogP contribution in [0.25, 0.3) is 10.9 Å². The van der Waals surface area contributed by atoms with Gasteiger partial charge >= 0.3 is 18.1 Å². The summed E-state index contributed by atoms with van der Waals surface area (Å²) >= 11 is 0. The first-order chi connectivity index (χ1) is 9.30. The molecule has 106 valence electrons. The van der Waals surface area contributed by atoms with Crippen molar-refractivity contribution in [1.29, 1.82) is 0 Å². The highest BCUT2D eigenvalue weighted by atomic mass is 19.4. The Balaban J connectivity index is 2.42. The lowest BCUT2D eigenvalue weighted by atomic mass is 10.0. The van der Waals surface area contributed by atoms with Gasteiger partial charge in [-0.15, -0.1) is 0 Å². The Morgan fingerprint density at radius 3 is 2.55 bits per heavy atom. The number of halogens is 3. The van der Waals surface area contributed by atoms with E-state index < -0.39 is 24.1 Å². The van der Waals surface area contributed by atoms with Gasteiger partial charge in [0.1, 0.15) is 0 Å². The van der Waals surface area contributed by atoms with Gasteiger partial charge in [0.2, 0.25) is 0 Å². The third kappa shape index (κ3) is 2.58. The summed E-state index contributed by atoms with van der Waals surface area (Å²) in [5, 5.41) is 11.1. The number of aromatic nitrogens is 1. The highest BCUT2D eigenvalue weighted by Crippen LogP contribution is 2.25. The molecule has 0 bridgehead atoms. The number of carboxylic acids is 1. The van der Waals surface area contributed by atoms with E-state index in [1.165, 1.54) is 23.6 Å². The topological polar surface area (TPSA) is 82.2 Å². The maximum atomic E-state index is 12.2. The minimum Gasteiger partial charge on any atom is -0.479 e. The number of nitrogens with one attached hydrogen (secondary N) is 2. The number of alkyl halides is 3. The quantitative estimate of drug-likeness (QED) is 0.806. The molecule has 0 aliphatic rings. The first-order valence-corrected chi connectivity index (χ1v) is 5.47. The van der Waals surface area contributed by atoms with Crippen LogP contribution in [0.5, 0.6) is 0 Å². The smallest absolute Gasteiger partial charge is 0.471 e. The van der Waals surface area contributed by atoms with Crippen LogP contribution in [0.1, 0.15) is 11.6 Å². The Bertz CT molecular complexity index is 663. The van der Waals surface area contributed by atoms with Gasteiger partial charge in [-0.1, -0.05) is 18.2 Å². The third-order valence-corrected chi connectivity index (χ3v) is 2.71. The molecule has 2 rings (SSSR count). The molecule has 0 aliphatic heterocycles. The highest BCUT2D eigenvalue weighted by molar-refractivity contribution is 5.92. The number of carbonyl (C=O) groups excluding carboxylic acids is 1. The first kappa shape index (κ1) is 13.9.